The molecule has 2 heterocycles. The van der Waals surface area contributed by atoms with E-state index in [1.165, 1.54) is 16.9 Å². The topological polar surface area (TPSA) is 59.8 Å². The van der Waals surface area contributed by atoms with Gasteiger partial charge in [-0.05, 0) is 12.5 Å². The maximum absolute atomic E-state index is 12.5. The van der Waals surface area contributed by atoms with E-state index in [9.17, 15) is 4.79 Å². The molecule has 0 radical (unpaired) electrons. The molecule has 1 aromatic carbocycles. The third-order valence-electron chi connectivity index (χ3n) is 3.74. The van der Waals surface area contributed by atoms with Gasteiger partial charge in [0, 0.05) is 11.5 Å². The Morgan fingerprint density at radius 1 is 1.28 bits per heavy atom. The number of nitrogens with zero attached hydrogens (tertiary/aromatic N) is 3. The SMILES string of the molecule is Cc1cccc(Cn2nccc2NC(=O)c2cnc(C(C)(C)C)s2)c1. The summed E-state index contributed by atoms with van der Waals surface area (Å²) < 4.78 is 1.79. The first-order valence-electron chi connectivity index (χ1n) is 8.18. The molecule has 3 rings (SSSR count). The zero-order valence-electron chi connectivity index (χ0n) is 14.9. The lowest BCUT2D eigenvalue weighted by atomic mass is 9.98. The molecule has 1 N–H and O–H groups in total. The zero-order chi connectivity index (χ0) is 18.0. The van der Waals surface area contributed by atoms with Crippen LogP contribution in [0.3, 0.4) is 0 Å². The van der Waals surface area contributed by atoms with Gasteiger partial charge in [-0.25, -0.2) is 9.67 Å². The van der Waals surface area contributed by atoms with Crippen molar-refractivity contribution >= 4 is 23.1 Å². The number of carbonyl (C=O) groups excluding carboxylic acids is 1. The van der Waals surface area contributed by atoms with E-state index in [4.69, 9.17) is 0 Å². The number of hydrogen-bond donors (Lipinski definition) is 1. The van der Waals surface area contributed by atoms with Crippen molar-refractivity contribution in [2.75, 3.05) is 5.32 Å². The van der Waals surface area contributed by atoms with Crippen LogP contribution < -0.4 is 5.32 Å². The van der Waals surface area contributed by atoms with Crippen LogP contribution in [0, 0.1) is 6.92 Å². The molecule has 0 aliphatic rings. The lowest BCUT2D eigenvalue weighted by Crippen LogP contribution is -2.15. The van der Waals surface area contributed by atoms with Crippen molar-refractivity contribution in [3.63, 3.8) is 0 Å². The molecule has 3 aromatic rings. The second kappa shape index (κ2) is 6.80. The molecule has 0 fully saturated rings. The summed E-state index contributed by atoms with van der Waals surface area (Å²) in [6, 6.07) is 10.1. The highest BCUT2D eigenvalue weighted by Gasteiger charge is 2.20. The Balaban J connectivity index is 1.74. The van der Waals surface area contributed by atoms with E-state index < -0.39 is 0 Å². The smallest absolute Gasteiger partial charge is 0.268 e. The van der Waals surface area contributed by atoms with Crippen molar-refractivity contribution in [3.8, 4) is 0 Å². The number of nitrogens with one attached hydrogen (secondary N) is 1. The molecule has 2 aromatic heterocycles. The minimum absolute atomic E-state index is 0.0594. The van der Waals surface area contributed by atoms with Crippen LogP contribution in [0.25, 0.3) is 0 Å². The van der Waals surface area contributed by atoms with Crippen molar-refractivity contribution in [1.29, 1.82) is 0 Å². The highest BCUT2D eigenvalue weighted by molar-refractivity contribution is 7.13. The Morgan fingerprint density at radius 2 is 2.08 bits per heavy atom. The van der Waals surface area contributed by atoms with E-state index >= 15 is 0 Å². The first-order chi connectivity index (χ1) is 11.8. The molecule has 0 saturated heterocycles. The Bertz CT molecular complexity index is 889. The summed E-state index contributed by atoms with van der Waals surface area (Å²) in [5, 5.41) is 8.21. The van der Waals surface area contributed by atoms with Gasteiger partial charge in [-0.1, -0.05) is 50.6 Å². The van der Waals surface area contributed by atoms with Crippen LogP contribution in [-0.4, -0.2) is 20.7 Å². The maximum atomic E-state index is 12.5. The van der Waals surface area contributed by atoms with Gasteiger partial charge in [-0.2, -0.15) is 5.10 Å². The highest BCUT2D eigenvalue weighted by Crippen LogP contribution is 2.27. The number of rotatable bonds is 4. The lowest BCUT2D eigenvalue weighted by molar-refractivity contribution is 0.102. The normalized spacial score (nSPS) is 11.5. The van der Waals surface area contributed by atoms with E-state index in [0.717, 1.165) is 10.6 Å². The highest BCUT2D eigenvalue weighted by atomic mass is 32.1. The Hall–Kier alpha value is -2.47. The molecule has 0 spiro atoms. The minimum atomic E-state index is -0.154. The van der Waals surface area contributed by atoms with Crippen LogP contribution in [0.1, 0.15) is 46.6 Å². The number of benzene rings is 1. The van der Waals surface area contributed by atoms with Crippen molar-refractivity contribution in [1.82, 2.24) is 14.8 Å². The number of aromatic nitrogens is 3. The molecule has 0 unspecified atom stereocenters. The molecule has 0 saturated carbocycles. The monoisotopic (exact) mass is 354 g/mol. The van der Waals surface area contributed by atoms with E-state index in [-0.39, 0.29) is 11.3 Å². The van der Waals surface area contributed by atoms with Gasteiger partial charge in [-0.15, -0.1) is 11.3 Å². The molecular formula is C19H22N4OS. The molecule has 5 nitrogen and oxygen atoms in total. The molecule has 6 heteroatoms. The van der Waals surface area contributed by atoms with Crippen LogP contribution >= 0.6 is 11.3 Å². The zero-order valence-corrected chi connectivity index (χ0v) is 15.7. The number of amides is 1. The quantitative estimate of drug-likeness (QED) is 0.762. The summed E-state index contributed by atoms with van der Waals surface area (Å²) in [7, 11) is 0. The Labute approximate surface area is 151 Å². The van der Waals surface area contributed by atoms with E-state index in [1.807, 2.05) is 6.07 Å². The predicted molar refractivity (Wildman–Crippen MR) is 101 cm³/mol. The van der Waals surface area contributed by atoms with Crippen LogP contribution in [0.2, 0.25) is 0 Å². The van der Waals surface area contributed by atoms with Gasteiger partial charge < -0.3 is 5.32 Å². The number of hydrogen-bond acceptors (Lipinski definition) is 4. The summed E-state index contributed by atoms with van der Waals surface area (Å²) >= 11 is 1.43. The fourth-order valence-electron chi connectivity index (χ4n) is 2.45. The average Bonchev–Trinajstić information content (AvgIpc) is 3.17. The van der Waals surface area contributed by atoms with Crippen LogP contribution in [0.4, 0.5) is 5.82 Å². The van der Waals surface area contributed by atoms with Crippen molar-refractivity contribution < 1.29 is 4.79 Å². The minimum Gasteiger partial charge on any atom is -0.306 e. The molecule has 130 valence electrons. The molecule has 0 atom stereocenters. The molecule has 0 aliphatic heterocycles. The number of aryl methyl sites for hydroxylation is 1. The molecule has 25 heavy (non-hydrogen) atoms. The van der Waals surface area contributed by atoms with E-state index in [0.29, 0.717) is 17.2 Å². The van der Waals surface area contributed by atoms with Crippen LogP contribution in [0.15, 0.2) is 42.7 Å². The molecule has 0 aliphatic carbocycles. The van der Waals surface area contributed by atoms with Gasteiger partial charge in [0.2, 0.25) is 0 Å². The van der Waals surface area contributed by atoms with Gasteiger partial charge >= 0.3 is 0 Å². The number of carbonyl (C=O) groups is 1. The van der Waals surface area contributed by atoms with E-state index in [2.05, 4.69) is 61.3 Å². The standard InChI is InChI=1S/C19H22N4OS/c1-13-6-5-7-14(10-13)12-23-16(8-9-21-23)22-17(24)15-11-20-18(25-15)19(2,3)4/h5-11H,12H2,1-4H3,(H,22,24). The largest absolute Gasteiger partial charge is 0.306 e. The van der Waals surface area contributed by atoms with Gasteiger partial charge in [0.05, 0.1) is 23.9 Å². The summed E-state index contributed by atoms with van der Waals surface area (Å²) in [6.45, 7) is 8.94. The van der Waals surface area contributed by atoms with Gasteiger partial charge in [0.25, 0.3) is 5.91 Å². The predicted octanol–water partition coefficient (Wildman–Crippen LogP) is 4.25. The summed E-state index contributed by atoms with van der Waals surface area (Å²) in [4.78, 5) is 17.5. The second-order valence-electron chi connectivity index (χ2n) is 7.10. The number of thiazole rings is 1. The summed E-state index contributed by atoms with van der Waals surface area (Å²) in [5.74, 6) is 0.524. The fourth-order valence-corrected chi connectivity index (χ4v) is 3.32. The van der Waals surface area contributed by atoms with Crippen molar-refractivity contribution in [3.05, 3.63) is 63.7 Å². The Morgan fingerprint density at radius 3 is 2.76 bits per heavy atom. The van der Waals surface area contributed by atoms with E-state index in [1.54, 1.807) is 23.1 Å². The molecular weight excluding hydrogens is 332 g/mol. The van der Waals surface area contributed by atoms with Crippen molar-refractivity contribution in [2.45, 2.75) is 39.7 Å². The van der Waals surface area contributed by atoms with Gasteiger partial charge in [-0.3, -0.25) is 4.79 Å². The second-order valence-corrected chi connectivity index (χ2v) is 8.13. The first-order valence-corrected chi connectivity index (χ1v) is 8.99. The third kappa shape index (κ3) is 4.14. The van der Waals surface area contributed by atoms with Gasteiger partial charge in [0.15, 0.2) is 0 Å². The molecule has 1 amide bonds. The van der Waals surface area contributed by atoms with Gasteiger partial charge in [0.1, 0.15) is 10.7 Å². The number of anilines is 1. The summed E-state index contributed by atoms with van der Waals surface area (Å²) in [5.41, 5.74) is 2.29. The van der Waals surface area contributed by atoms with Crippen molar-refractivity contribution in [2.24, 2.45) is 0 Å². The lowest BCUT2D eigenvalue weighted by Gasteiger charge is -2.13. The Kier molecular flexibility index (Phi) is 4.72. The molecule has 0 bridgehead atoms. The maximum Gasteiger partial charge on any atom is 0.268 e. The van der Waals surface area contributed by atoms with Crippen LogP contribution in [-0.2, 0) is 12.0 Å². The fraction of sp³-hybridized carbons (Fsp3) is 0.316. The van der Waals surface area contributed by atoms with Crippen LogP contribution in [0.5, 0.6) is 0 Å². The summed E-state index contributed by atoms with van der Waals surface area (Å²) in [6.07, 6.45) is 3.33. The third-order valence-corrected chi connectivity index (χ3v) is 5.17. The first kappa shape index (κ1) is 17.4. The average molecular weight is 354 g/mol.